The monoisotopic (exact) mass is 440 g/mol. The average Bonchev–Trinajstić information content (AvgIpc) is 2.85. The first-order chi connectivity index (χ1) is 15.9. The van der Waals surface area contributed by atoms with Gasteiger partial charge < -0.3 is 21.1 Å². The highest BCUT2D eigenvalue weighted by Gasteiger charge is 2.12. The van der Waals surface area contributed by atoms with Crippen LogP contribution in [-0.4, -0.2) is 53.2 Å². The second-order valence-electron chi connectivity index (χ2n) is 7.64. The molecule has 0 aliphatic carbocycles. The molecular formula is C27H28N4O2. The molecule has 0 saturated heterocycles. The third-order valence-corrected chi connectivity index (χ3v) is 5.43. The zero-order valence-corrected chi connectivity index (χ0v) is 18.9. The first kappa shape index (κ1) is 23.8. The van der Waals surface area contributed by atoms with Gasteiger partial charge in [-0.05, 0) is 49.5 Å². The minimum absolute atomic E-state index is 0.198. The fourth-order valence-electron chi connectivity index (χ4n) is 3.44. The number of fused-ring (bicyclic) bond motifs is 1. The summed E-state index contributed by atoms with van der Waals surface area (Å²) in [5.41, 5.74) is 8.67. The summed E-state index contributed by atoms with van der Waals surface area (Å²) < 4.78 is 0. The molecule has 4 N–H and O–H groups in total. The van der Waals surface area contributed by atoms with Crippen LogP contribution in [-0.2, 0) is 0 Å². The molecule has 0 saturated carbocycles. The van der Waals surface area contributed by atoms with Crippen molar-refractivity contribution in [1.29, 1.82) is 0 Å². The quantitative estimate of drug-likeness (QED) is 0.492. The van der Waals surface area contributed by atoms with Crippen molar-refractivity contribution in [2.75, 3.05) is 31.9 Å². The molecule has 1 aromatic heterocycles. The summed E-state index contributed by atoms with van der Waals surface area (Å²) in [4.78, 5) is 18.7. The number of aliphatic hydroxyl groups excluding tert-OH is 1. The summed E-state index contributed by atoms with van der Waals surface area (Å²) in [6.07, 6.45) is 6.60. The number of nitrogens with two attached hydrogens (primary N) is 1. The highest BCUT2D eigenvalue weighted by Crippen LogP contribution is 2.22. The number of carbonyl (C=O) groups excluding carboxylic acids is 1. The summed E-state index contributed by atoms with van der Waals surface area (Å²) in [5.74, 6) is 8.90. The zero-order valence-electron chi connectivity index (χ0n) is 18.9. The predicted octanol–water partition coefficient (Wildman–Crippen LogP) is 2.63. The summed E-state index contributed by atoms with van der Waals surface area (Å²) >= 11 is 0. The van der Waals surface area contributed by atoms with Gasteiger partial charge in [0.2, 0.25) is 0 Å². The molecule has 0 bridgehead atoms. The van der Waals surface area contributed by atoms with E-state index in [0.717, 1.165) is 35.0 Å². The largest absolute Gasteiger partial charge is 0.390 e. The number of anilines is 1. The van der Waals surface area contributed by atoms with E-state index in [1.54, 1.807) is 30.5 Å². The van der Waals surface area contributed by atoms with Crippen LogP contribution in [0.3, 0.4) is 0 Å². The number of aliphatic hydroxyl groups is 1. The Morgan fingerprint density at radius 3 is 2.52 bits per heavy atom. The van der Waals surface area contributed by atoms with Gasteiger partial charge in [-0.1, -0.05) is 37.7 Å². The number of likely N-dealkylation sites (N-methyl/N-ethyl adjacent to an activating group) is 1. The number of rotatable bonds is 7. The molecule has 168 valence electrons. The summed E-state index contributed by atoms with van der Waals surface area (Å²) in [5, 5.41) is 14.7. The van der Waals surface area contributed by atoms with Crippen molar-refractivity contribution >= 4 is 22.5 Å². The van der Waals surface area contributed by atoms with E-state index in [1.165, 1.54) is 0 Å². The SMILES string of the molecule is C#Cc1ccc2cnc(N)c(C#Cc3ccc(C(=O)NCC(O)CN(CC)CC)cc3)c2c1. The van der Waals surface area contributed by atoms with Crippen molar-refractivity contribution in [2.24, 2.45) is 0 Å². The zero-order chi connectivity index (χ0) is 23.8. The normalized spacial score (nSPS) is 11.5. The molecule has 6 nitrogen and oxygen atoms in total. The number of nitrogens with zero attached hydrogens (tertiary/aromatic N) is 2. The van der Waals surface area contributed by atoms with Gasteiger partial charge in [-0.2, -0.15) is 0 Å². The van der Waals surface area contributed by atoms with E-state index in [0.29, 0.717) is 23.5 Å². The van der Waals surface area contributed by atoms with Crippen LogP contribution in [0.1, 0.15) is 40.9 Å². The fourth-order valence-corrected chi connectivity index (χ4v) is 3.44. The van der Waals surface area contributed by atoms with Crippen LogP contribution in [0.4, 0.5) is 5.82 Å². The van der Waals surface area contributed by atoms with Crippen molar-refractivity contribution in [3.8, 4) is 24.2 Å². The van der Waals surface area contributed by atoms with Gasteiger partial charge in [0.15, 0.2) is 0 Å². The number of benzene rings is 2. The standard InChI is InChI=1S/C27H28N4O2/c1-4-19-7-13-22-16-29-26(28)24(25(22)15-19)14-10-20-8-11-21(12-9-20)27(33)30-17-23(32)18-31(5-2)6-3/h1,7-9,11-13,15-16,23,32H,5-6,17-18H2,2-3H3,(H2,28,29)(H,30,33). The predicted molar refractivity (Wildman–Crippen MR) is 133 cm³/mol. The molecule has 0 spiro atoms. The Morgan fingerprint density at radius 1 is 1.15 bits per heavy atom. The summed E-state index contributed by atoms with van der Waals surface area (Å²) in [6, 6.07) is 12.6. The van der Waals surface area contributed by atoms with Crippen molar-refractivity contribution < 1.29 is 9.90 Å². The van der Waals surface area contributed by atoms with Gasteiger partial charge in [-0.15, -0.1) is 6.42 Å². The van der Waals surface area contributed by atoms with Crippen molar-refractivity contribution in [1.82, 2.24) is 15.2 Å². The molecule has 3 rings (SSSR count). The number of amides is 1. The van der Waals surface area contributed by atoms with E-state index >= 15 is 0 Å². The Kier molecular flexibility index (Phi) is 8.05. The van der Waals surface area contributed by atoms with Crippen LogP contribution >= 0.6 is 0 Å². The lowest BCUT2D eigenvalue weighted by molar-refractivity contribution is 0.0869. The van der Waals surface area contributed by atoms with Gasteiger partial charge in [-0.3, -0.25) is 4.79 Å². The third kappa shape index (κ3) is 6.11. The third-order valence-electron chi connectivity index (χ3n) is 5.43. The molecule has 0 aliphatic rings. The second kappa shape index (κ2) is 11.2. The van der Waals surface area contributed by atoms with E-state index in [1.807, 2.05) is 32.0 Å². The number of nitrogens with one attached hydrogen (secondary N) is 1. The molecule has 0 aliphatic heterocycles. The Bertz CT molecular complexity index is 1230. The average molecular weight is 441 g/mol. The lowest BCUT2D eigenvalue weighted by atomic mass is 10.0. The highest BCUT2D eigenvalue weighted by atomic mass is 16.3. The van der Waals surface area contributed by atoms with E-state index < -0.39 is 6.10 Å². The van der Waals surface area contributed by atoms with E-state index in [-0.39, 0.29) is 12.5 Å². The maximum Gasteiger partial charge on any atom is 0.251 e. The van der Waals surface area contributed by atoms with Crippen LogP contribution in [0.2, 0.25) is 0 Å². The Hall–Kier alpha value is -3.84. The van der Waals surface area contributed by atoms with Gasteiger partial charge >= 0.3 is 0 Å². The molecule has 0 fully saturated rings. The van der Waals surface area contributed by atoms with Gasteiger partial charge in [0.25, 0.3) is 5.91 Å². The molecule has 2 aromatic carbocycles. The Balaban J connectivity index is 1.71. The first-order valence-electron chi connectivity index (χ1n) is 10.9. The van der Waals surface area contributed by atoms with Crippen LogP contribution in [0.25, 0.3) is 10.8 Å². The van der Waals surface area contributed by atoms with Gasteiger partial charge in [0.05, 0.1) is 11.7 Å². The van der Waals surface area contributed by atoms with Crippen LogP contribution in [0, 0.1) is 24.2 Å². The topological polar surface area (TPSA) is 91.5 Å². The number of pyridine rings is 1. The molecule has 0 radical (unpaired) electrons. The number of hydrogen-bond donors (Lipinski definition) is 3. The van der Waals surface area contributed by atoms with Crippen LogP contribution in [0.5, 0.6) is 0 Å². The lowest BCUT2D eigenvalue weighted by Gasteiger charge is -2.22. The van der Waals surface area contributed by atoms with Gasteiger partial charge in [-0.25, -0.2) is 4.98 Å². The van der Waals surface area contributed by atoms with Crippen molar-refractivity contribution in [2.45, 2.75) is 20.0 Å². The number of terminal acetylenes is 1. The van der Waals surface area contributed by atoms with E-state index in [4.69, 9.17) is 12.2 Å². The molecule has 1 heterocycles. The van der Waals surface area contributed by atoms with Gasteiger partial charge in [0, 0.05) is 46.7 Å². The fraction of sp³-hybridized carbons (Fsp3) is 0.259. The minimum atomic E-state index is -0.617. The number of aromatic nitrogens is 1. The summed E-state index contributed by atoms with van der Waals surface area (Å²) in [7, 11) is 0. The molecule has 1 amide bonds. The van der Waals surface area contributed by atoms with Crippen LogP contribution in [0.15, 0.2) is 48.7 Å². The van der Waals surface area contributed by atoms with Crippen LogP contribution < -0.4 is 11.1 Å². The minimum Gasteiger partial charge on any atom is -0.390 e. The number of carbonyl (C=O) groups is 1. The number of hydrogen-bond acceptors (Lipinski definition) is 5. The van der Waals surface area contributed by atoms with Crippen molar-refractivity contribution in [3.63, 3.8) is 0 Å². The lowest BCUT2D eigenvalue weighted by Crippen LogP contribution is -2.40. The molecule has 33 heavy (non-hydrogen) atoms. The molecule has 6 heteroatoms. The Labute approximate surface area is 194 Å². The van der Waals surface area contributed by atoms with Gasteiger partial charge in [0.1, 0.15) is 5.82 Å². The Morgan fingerprint density at radius 2 is 1.85 bits per heavy atom. The smallest absolute Gasteiger partial charge is 0.251 e. The van der Waals surface area contributed by atoms with Crippen molar-refractivity contribution in [3.05, 3.63) is 70.9 Å². The maximum atomic E-state index is 12.4. The van der Waals surface area contributed by atoms with E-state index in [9.17, 15) is 9.90 Å². The summed E-state index contributed by atoms with van der Waals surface area (Å²) in [6.45, 7) is 6.52. The maximum absolute atomic E-state index is 12.4. The van der Waals surface area contributed by atoms with E-state index in [2.05, 4.69) is 33.0 Å². The number of nitrogen functional groups attached to an aromatic ring is 1. The first-order valence-corrected chi connectivity index (χ1v) is 10.9. The molecular weight excluding hydrogens is 412 g/mol. The second-order valence-corrected chi connectivity index (χ2v) is 7.64. The molecule has 3 aromatic rings. The molecule has 1 atom stereocenters. The molecule has 1 unspecified atom stereocenters. The highest BCUT2D eigenvalue weighted by molar-refractivity contribution is 5.94.